The first-order valence-electron chi connectivity index (χ1n) is 3.63. The van der Waals surface area contributed by atoms with E-state index in [9.17, 15) is 9.50 Å². The van der Waals surface area contributed by atoms with Crippen molar-refractivity contribution in [3.63, 3.8) is 0 Å². The summed E-state index contributed by atoms with van der Waals surface area (Å²) in [5, 5.41) is 12.0. The summed E-state index contributed by atoms with van der Waals surface area (Å²) in [7, 11) is 0. The standard InChI is InChI=1S/C10H6FO/c11-10-6-8(12)5-7-3-1-2-4-9(7)10/h1-6H. The van der Waals surface area contributed by atoms with Gasteiger partial charge in [0.1, 0.15) is 5.82 Å². The maximum Gasteiger partial charge on any atom is 0.182 e. The Labute approximate surface area is 69.1 Å². The Kier molecular flexibility index (Phi) is 1.47. The largest absolute Gasteiger partial charge is 0.290 e. The number of hydrogen-bond donors (Lipinski definition) is 0. The fourth-order valence-electron chi connectivity index (χ4n) is 1.24. The summed E-state index contributed by atoms with van der Waals surface area (Å²) in [6, 6.07) is 9.34. The highest BCUT2D eigenvalue weighted by atomic mass is 19.1. The van der Waals surface area contributed by atoms with E-state index in [1.54, 1.807) is 24.3 Å². The van der Waals surface area contributed by atoms with Crippen molar-refractivity contribution in [3.05, 3.63) is 42.2 Å². The summed E-state index contributed by atoms with van der Waals surface area (Å²) < 4.78 is 13.0. The number of rotatable bonds is 0. The van der Waals surface area contributed by atoms with Crippen molar-refractivity contribution < 1.29 is 9.50 Å². The topological polar surface area (TPSA) is 19.9 Å². The number of benzene rings is 2. The molecule has 0 amide bonds. The molecule has 0 fully saturated rings. The molecule has 0 aliphatic heterocycles. The highest BCUT2D eigenvalue weighted by Gasteiger charge is 2.02. The first kappa shape index (κ1) is 7.10. The molecule has 0 atom stereocenters. The first-order chi connectivity index (χ1) is 5.77. The average molecular weight is 161 g/mol. The predicted molar refractivity (Wildman–Crippen MR) is 44.0 cm³/mol. The molecule has 2 aromatic rings. The van der Waals surface area contributed by atoms with E-state index >= 15 is 0 Å². The lowest BCUT2D eigenvalue weighted by molar-refractivity contribution is 0.353. The van der Waals surface area contributed by atoms with E-state index < -0.39 is 5.82 Å². The molecule has 0 heterocycles. The van der Waals surface area contributed by atoms with Crippen LogP contribution in [0.2, 0.25) is 0 Å². The summed E-state index contributed by atoms with van der Waals surface area (Å²) in [6.45, 7) is 0. The third-order valence-corrected chi connectivity index (χ3v) is 1.78. The molecular weight excluding hydrogens is 155 g/mol. The number of halogens is 1. The lowest BCUT2D eigenvalue weighted by atomic mass is 10.1. The molecule has 1 radical (unpaired) electrons. The van der Waals surface area contributed by atoms with Gasteiger partial charge in [-0.2, -0.15) is 0 Å². The van der Waals surface area contributed by atoms with E-state index in [2.05, 4.69) is 0 Å². The Bertz CT molecular complexity index is 423. The predicted octanol–water partition coefficient (Wildman–Crippen LogP) is 3.12. The summed E-state index contributed by atoms with van der Waals surface area (Å²) >= 11 is 0. The van der Waals surface area contributed by atoms with E-state index in [1.165, 1.54) is 6.07 Å². The van der Waals surface area contributed by atoms with Gasteiger partial charge >= 0.3 is 0 Å². The molecule has 12 heavy (non-hydrogen) atoms. The van der Waals surface area contributed by atoms with Crippen molar-refractivity contribution in [3.8, 4) is 5.75 Å². The zero-order valence-electron chi connectivity index (χ0n) is 6.25. The van der Waals surface area contributed by atoms with E-state index in [0.29, 0.717) is 10.8 Å². The van der Waals surface area contributed by atoms with Crippen LogP contribution in [0.3, 0.4) is 0 Å². The van der Waals surface area contributed by atoms with Gasteiger partial charge in [0.2, 0.25) is 0 Å². The van der Waals surface area contributed by atoms with Gasteiger partial charge in [-0.15, -0.1) is 0 Å². The Morgan fingerprint density at radius 3 is 2.67 bits per heavy atom. The first-order valence-corrected chi connectivity index (χ1v) is 3.63. The van der Waals surface area contributed by atoms with Crippen molar-refractivity contribution in [2.24, 2.45) is 0 Å². The van der Waals surface area contributed by atoms with Crippen molar-refractivity contribution >= 4 is 10.8 Å². The van der Waals surface area contributed by atoms with Crippen LogP contribution >= 0.6 is 0 Å². The van der Waals surface area contributed by atoms with Gasteiger partial charge in [-0.25, -0.2) is 4.39 Å². The Morgan fingerprint density at radius 1 is 1.08 bits per heavy atom. The molecular formula is C10H6FO. The summed E-state index contributed by atoms with van der Waals surface area (Å²) in [6.07, 6.45) is 0. The van der Waals surface area contributed by atoms with Gasteiger partial charge in [-0.05, 0) is 11.5 Å². The molecule has 0 spiro atoms. The SMILES string of the molecule is [O]c1cc(F)c2ccccc2c1. The van der Waals surface area contributed by atoms with Crippen molar-refractivity contribution in [1.82, 2.24) is 0 Å². The van der Waals surface area contributed by atoms with Crippen LogP contribution in [-0.2, 0) is 5.11 Å². The van der Waals surface area contributed by atoms with Crippen molar-refractivity contribution in [2.45, 2.75) is 0 Å². The zero-order valence-corrected chi connectivity index (χ0v) is 6.25. The lowest BCUT2D eigenvalue weighted by Gasteiger charge is -1.97. The van der Waals surface area contributed by atoms with Gasteiger partial charge in [0, 0.05) is 11.5 Å². The van der Waals surface area contributed by atoms with E-state index in [4.69, 9.17) is 0 Å². The van der Waals surface area contributed by atoms with E-state index in [0.717, 1.165) is 6.07 Å². The number of hydrogen-bond acceptors (Lipinski definition) is 0. The Morgan fingerprint density at radius 2 is 1.83 bits per heavy atom. The molecule has 0 aliphatic rings. The van der Waals surface area contributed by atoms with Crippen molar-refractivity contribution in [2.75, 3.05) is 0 Å². The molecule has 0 saturated heterocycles. The van der Waals surface area contributed by atoms with Crippen LogP contribution in [0.1, 0.15) is 0 Å². The van der Waals surface area contributed by atoms with Gasteiger partial charge in [0.25, 0.3) is 0 Å². The molecule has 0 aliphatic carbocycles. The van der Waals surface area contributed by atoms with Crippen LogP contribution in [0.15, 0.2) is 36.4 Å². The van der Waals surface area contributed by atoms with Gasteiger partial charge in [0.15, 0.2) is 5.75 Å². The molecule has 59 valence electrons. The van der Waals surface area contributed by atoms with Crippen LogP contribution in [0.5, 0.6) is 5.75 Å². The quantitative estimate of drug-likeness (QED) is 0.565. The third kappa shape index (κ3) is 1.01. The fraction of sp³-hybridized carbons (Fsp3) is 0. The van der Waals surface area contributed by atoms with Crippen LogP contribution in [0, 0.1) is 5.82 Å². The summed E-state index contributed by atoms with van der Waals surface area (Å²) in [5.41, 5.74) is 0. The normalized spacial score (nSPS) is 10.4. The summed E-state index contributed by atoms with van der Waals surface area (Å²) in [4.78, 5) is 0. The second-order valence-corrected chi connectivity index (χ2v) is 2.63. The molecule has 0 saturated carbocycles. The minimum absolute atomic E-state index is 0.286. The smallest absolute Gasteiger partial charge is 0.182 e. The van der Waals surface area contributed by atoms with Crippen molar-refractivity contribution in [1.29, 1.82) is 0 Å². The summed E-state index contributed by atoms with van der Waals surface area (Å²) in [5.74, 6) is -0.732. The van der Waals surface area contributed by atoms with Gasteiger partial charge in [-0.3, -0.25) is 5.11 Å². The maximum absolute atomic E-state index is 13.0. The van der Waals surface area contributed by atoms with Crippen LogP contribution in [-0.4, -0.2) is 0 Å². The van der Waals surface area contributed by atoms with E-state index in [-0.39, 0.29) is 5.75 Å². The fourth-order valence-corrected chi connectivity index (χ4v) is 1.24. The third-order valence-electron chi connectivity index (χ3n) is 1.78. The van der Waals surface area contributed by atoms with Gasteiger partial charge in [0.05, 0.1) is 0 Å². The van der Waals surface area contributed by atoms with Gasteiger partial charge < -0.3 is 0 Å². The maximum atomic E-state index is 13.0. The highest BCUT2D eigenvalue weighted by Crippen LogP contribution is 2.23. The van der Waals surface area contributed by atoms with Crippen LogP contribution in [0.25, 0.3) is 10.8 Å². The molecule has 2 heteroatoms. The molecule has 0 unspecified atom stereocenters. The highest BCUT2D eigenvalue weighted by molar-refractivity contribution is 5.84. The molecule has 2 rings (SSSR count). The molecule has 1 nitrogen and oxygen atoms in total. The molecule has 0 bridgehead atoms. The number of fused-ring (bicyclic) bond motifs is 1. The van der Waals surface area contributed by atoms with E-state index in [1.807, 2.05) is 0 Å². The minimum atomic E-state index is -0.446. The van der Waals surface area contributed by atoms with Gasteiger partial charge in [-0.1, -0.05) is 24.3 Å². The molecule has 0 N–H and O–H groups in total. The molecule has 0 aromatic heterocycles. The second-order valence-electron chi connectivity index (χ2n) is 2.63. The monoisotopic (exact) mass is 161 g/mol. The van der Waals surface area contributed by atoms with Crippen LogP contribution in [0.4, 0.5) is 4.39 Å². The molecule has 2 aromatic carbocycles. The minimum Gasteiger partial charge on any atom is -0.290 e. The average Bonchev–Trinajstić information content (AvgIpc) is 2.04. The second kappa shape index (κ2) is 2.48. The Hall–Kier alpha value is -1.57. The van der Waals surface area contributed by atoms with Crippen LogP contribution < -0.4 is 0 Å². The Balaban J connectivity index is 2.89. The zero-order chi connectivity index (χ0) is 8.55. The lowest BCUT2D eigenvalue weighted by Crippen LogP contribution is -1.77.